The number of imidazole rings is 1. The van der Waals surface area contributed by atoms with Gasteiger partial charge >= 0.3 is 6.18 Å². The van der Waals surface area contributed by atoms with Crippen LogP contribution in [0.2, 0.25) is 0 Å². The predicted molar refractivity (Wildman–Crippen MR) is 121 cm³/mol. The molecule has 0 radical (unpaired) electrons. The molecule has 4 aromatic heterocycles. The molecule has 6 rings (SSSR count). The third-order valence-electron chi connectivity index (χ3n) is 6.92. The molecular weight excluding hydrogens is 513 g/mol. The number of halogens is 5. The molecule has 15 heteroatoms. The van der Waals surface area contributed by atoms with Gasteiger partial charge in [0.2, 0.25) is 5.82 Å². The lowest BCUT2D eigenvalue weighted by Gasteiger charge is -2.32. The molecule has 10 nitrogen and oxygen atoms in total. The highest BCUT2D eigenvalue weighted by atomic mass is 19.4. The number of nitrogens with one attached hydrogen (secondary N) is 1. The lowest BCUT2D eigenvalue weighted by atomic mass is 9.92. The Bertz CT molecular complexity index is 1460. The van der Waals surface area contributed by atoms with Crippen LogP contribution in [-0.2, 0) is 24.0 Å². The van der Waals surface area contributed by atoms with Gasteiger partial charge in [-0.2, -0.15) is 13.2 Å². The Labute approximate surface area is 212 Å². The van der Waals surface area contributed by atoms with E-state index >= 15 is 0 Å². The highest BCUT2D eigenvalue weighted by Gasteiger charge is 2.36. The first-order valence-corrected chi connectivity index (χ1v) is 12.1. The molecule has 0 unspecified atom stereocenters. The number of pyridine rings is 1. The zero-order chi connectivity index (χ0) is 26.4. The largest absolute Gasteiger partial charge is 0.451 e. The Morgan fingerprint density at radius 3 is 2.47 bits per heavy atom. The van der Waals surface area contributed by atoms with Crippen LogP contribution < -0.4 is 0 Å². The summed E-state index contributed by atoms with van der Waals surface area (Å²) in [5.41, 5.74) is 1.32. The van der Waals surface area contributed by atoms with E-state index < -0.39 is 23.6 Å². The molecule has 2 aliphatic rings. The fraction of sp³-hybridized carbons (Fsp3) is 0.478. The van der Waals surface area contributed by atoms with Crippen molar-refractivity contribution in [1.82, 2.24) is 44.8 Å². The highest BCUT2D eigenvalue weighted by Crippen LogP contribution is 2.31. The second kappa shape index (κ2) is 9.62. The van der Waals surface area contributed by atoms with E-state index in [1.807, 2.05) is 4.57 Å². The van der Waals surface area contributed by atoms with E-state index in [2.05, 4.69) is 35.3 Å². The SMILES string of the molecule is Fc1cnc(C2CCN(Cc3nc4cc(-c5nnc(C(F)(F)F)[nH]5)nnc4n3C[C@@H]3CCO3)CC2)c(F)c1. The molecule has 0 spiro atoms. The van der Waals surface area contributed by atoms with Crippen LogP contribution in [0.3, 0.4) is 0 Å². The van der Waals surface area contributed by atoms with Crippen LogP contribution in [0, 0.1) is 11.6 Å². The van der Waals surface area contributed by atoms with Crippen molar-refractivity contribution in [1.29, 1.82) is 0 Å². The maximum absolute atomic E-state index is 14.2. The number of hydrogen-bond acceptors (Lipinski definition) is 8. The van der Waals surface area contributed by atoms with Crippen LogP contribution in [0.5, 0.6) is 0 Å². The number of alkyl halides is 3. The second-order valence-electron chi connectivity index (χ2n) is 9.45. The fourth-order valence-corrected chi connectivity index (χ4v) is 4.83. The molecule has 38 heavy (non-hydrogen) atoms. The second-order valence-corrected chi connectivity index (χ2v) is 9.45. The number of likely N-dealkylation sites (tertiary alicyclic amines) is 1. The van der Waals surface area contributed by atoms with E-state index in [0.717, 1.165) is 18.7 Å². The first-order valence-electron chi connectivity index (χ1n) is 12.1. The third-order valence-corrected chi connectivity index (χ3v) is 6.92. The first kappa shape index (κ1) is 24.7. The molecule has 4 aromatic rings. The van der Waals surface area contributed by atoms with Crippen LogP contribution in [0.15, 0.2) is 18.3 Å². The molecule has 0 aromatic carbocycles. The normalized spacial score (nSPS) is 19.2. The lowest BCUT2D eigenvalue weighted by molar-refractivity contribution is -0.144. The topological polar surface area (TPSA) is 111 Å². The molecule has 0 bridgehead atoms. The third kappa shape index (κ3) is 4.82. The zero-order valence-electron chi connectivity index (χ0n) is 19.9. The van der Waals surface area contributed by atoms with Gasteiger partial charge in [-0.05, 0) is 38.4 Å². The Kier molecular flexibility index (Phi) is 6.26. The number of nitrogens with zero attached hydrogens (tertiary/aromatic N) is 8. The molecule has 200 valence electrons. The Hall–Kier alpha value is -3.59. The number of aromatic amines is 1. The van der Waals surface area contributed by atoms with Crippen molar-refractivity contribution in [3.8, 4) is 11.5 Å². The van der Waals surface area contributed by atoms with Gasteiger partial charge in [0.15, 0.2) is 11.5 Å². The van der Waals surface area contributed by atoms with Crippen LogP contribution >= 0.6 is 0 Å². The minimum absolute atomic E-state index is 0.00880. The van der Waals surface area contributed by atoms with Crippen molar-refractivity contribution in [2.24, 2.45) is 0 Å². The quantitative estimate of drug-likeness (QED) is 0.374. The number of hydrogen-bond donors (Lipinski definition) is 1. The predicted octanol–water partition coefficient (Wildman–Crippen LogP) is 3.47. The average Bonchev–Trinajstić information content (AvgIpc) is 3.47. The van der Waals surface area contributed by atoms with Gasteiger partial charge in [0.1, 0.15) is 28.7 Å². The summed E-state index contributed by atoms with van der Waals surface area (Å²) in [7, 11) is 0. The minimum Gasteiger partial charge on any atom is -0.376 e. The molecule has 6 heterocycles. The number of fused-ring (bicyclic) bond motifs is 1. The summed E-state index contributed by atoms with van der Waals surface area (Å²) < 4.78 is 73.7. The van der Waals surface area contributed by atoms with E-state index in [9.17, 15) is 22.0 Å². The minimum atomic E-state index is -4.66. The molecule has 2 aliphatic heterocycles. The molecular formula is C23H22F5N9O. The summed E-state index contributed by atoms with van der Waals surface area (Å²) in [4.78, 5) is 13.0. The van der Waals surface area contributed by atoms with Crippen molar-refractivity contribution in [2.45, 2.75) is 50.6 Å². The maximum atomic E-state index is 14.2. The summed E-state index contributed by atoms with van der Waals surface area (Å²) in [6.07, 6.45) is -1.42. The lowest BCUT2D eigenvalue weighted by Crippen LogP contribution is -2.35. The van der Waals surface area contributed by atoms with Gasteiger partial charge in [0.05, 0.1) is 31.1 Å². The Morgan fingerprint density at radius 2 is 1.82 bits per heavy atom. The van der Waals surface area contributed by atoms with Crippen LogP contribution in [0.4, 0.5) is 22.0 Å². The number of ether oxygens (including phenoxy) is 1. The smallest absolute Gasteiger partial charge is 0.376 e. The van der Waals surface area contributed by atoms with Crippen LogP contribution in [0.25, 0.3) is 22.7 Å². The van der Waals surface area contributed by atoms with Gasteiger partial charge in [-0.15, -0.1) is 20.4 Å². The van der Waals surface area contributed by atoms with Crippen LogP contribution in [-0.4, -0.2) is 70.6 Å². The number of rotatable bonds is 6. The highest BCUT2D eigenvalue weighted by molar-refractivity contribution is 5.75. The summed E-state index contributed by atoms with van der Waals surface area (Å²) >= 11 is 0. The van der Waals surface area contributed by atoms with E-state index in [4.69, 9.17) is 9.72 Å². The monoisotopic (exact) mass is 535 g/mol. The zero-order valence-corrected chi connectivity index (χ0v) is 19.9. The van der Waals surface area contributed by atoms with Gasteiger partial charge in [-0.1, -0.05) is 0 Å². The van der Waals surface area contributed by atoms with Gasteiger partial charge in [-0.3, -0.25) is 9.88 Å². The van der Waals surface area contributed by atoms with Crippen molar-refractivity contribution >= 4 is 11.2 Å². The van der Waals surface area contributed by atoms with Crippen molar-refractivity contribution in [2.75, 3.05) is 19.7 Å². The molecule has 1 N–H and O–H groups in total. The number of piperidine rings is 1. The molecule has 1 atom stereocenters. The van der Waals surface area contributed by atoms with Crippen molar-refractivity contribution in [3.63, 3.8) is 0 Å². The molecule has 0 aliphatic carbocycles. The molecule has 0 amide bonds. The summed E-state index contributed by atoms with van der Waals surface area (Å²) in [6, 6.07) is 2.39. The number of aromatic nitrogens is 8. The Morgan fingerprint density at radius 1 is 1.03 bits per heavy atom. The van der Waals surface area contributed by atoms with Gasteiger partial charge in [0, 0.05) is 18.6 Å². The summed E-state index contributed by atoms with van der Waals surface area (Å²) in [5.74, 6) is -2.11. The molecule has 2 saturated heterocycles. The first-order chi connectivity index (χ1) is 18.2. The maximum Gasteiger partial charge on any atom is 0.451 e. The molecule has 2 fully saturated rings. The fourth-order valence-electron chi connectivity index (χ4n) is 4.83. The van der Waals surface area contributed by atoms with Gasteiger partial charge in [-0.25, -0.2) is 13.8 Å². The standard InChI is InChI=1S/C23H22F5N9O/c24-13-7-15(25)19(29-9-13)12-1-4-36(5-2-12)11-18-30-17-8-16(20-31-22(35-33-20)23(26,27)28)32-34-21(17)37(18)10-14-3-6-38-14/h7-9,12,14H,1-6,10-11H2,(H,31,33,35)/t14-/m0/s1. The van der Waals surface area contributed by atoms with Crippen molar-refractivity contribution < 1.29 is 26.7 Å². The molecule has 0 saturated carbocycles. The van der Waals surface area contributed by atoms with E-state index in [0.29, 0.717) is 62.6 Å². The summed E-state index contributed by atoms with van der Waals surface area (Å²) in [5, 5.41) is 15.0. The van der Waals surface area contributed by atoms with E-state index in [-0.39, 0.29) is 29.2 Å². The van der Waals surface area contributed by atoms with Crippen molar-refractivity contribution in [3.05, 3.63) is 47.3 Å². The van der Waals surface area contributed by atoms with E-state index in [1.165, 1.54) is 6.07 Å². The van der Waals surface area contributed by atoms with Gasteiger partial charge < -0.3 is 14.3 Å². The average molecular weight is 535 g/mol. The number of H-pyrrole nitrogens is 1. The van der Waals surface area contributed by atoms with Crippen LogP contribution in [0.1, 0.15) is 42.5 Å². The van der Waals surface area contributed by atoms with E-state index in [1.54, 1.807) is 0 Å². The summed E-state index contributed by atoms with van der Waals surface area (Å²) in [6.45, 7) is 2.98. The van der Waals surface area contributed by atoms with Gasteiger partial charge in [0.25, 0.3) is 0 Å². The Balaban J connectivity index is 1.23.